The number of nitrogens with one attached hydrogen (secondary N) is 1. The molecule has 1 fully saturated rings. The molecule has 0 aromatic carbocycles. The lowest BCUT2D eigenvalue weighted by molar-refractivity contribution is -0.0589. The van der Waals surface area contributed by atoms with Crippen molar-refractivity contribution in [3.8, 4) is 0 Å². The van der Waals surface area contributed by atoms with Crippen LogP contribution >= 0.6 is 11.3 Å². The van der Waals surface area contributed by atoms with Crippen molar-refractivity contribution in [1.29, 1.82) is 0 Å². The number of aromatic nitrogens is 2. The SMILES string of the molecule is CC(C)=CCO[C@@H]1COCC[C@H]1NC(=O)c1cnc2sccn2c1=O. The Kier molecular flexibility index (Phi) is 5.62. The summed E-state index contributed by atoms with van der Waals surface area (Å²) in [6.07, 6.45) is 5.33. The van der Waals surface area contributed by atoms with Gasteiger partial charge in [-0.1, -0.05) is 11.6 Å². The van der Waals surface area contributed by atoms with Gasteiger partial charge in [0.15, 0.2) is 4.96 Å². The second kappa shape index (κ2) is 7.90. The molecule has 3 heterocycles. The van der Waals surface area contributed by atoms with E-state index in [2.05, 4.69) is 10.3 Å². The zero-order valence-electron chi connectivity index (χ0n) is 14.2. The summed E-state index contributed by atoms with van der Waals surface area (Å²) in [7, 11) is 0. The summed E-state index contributed by atoms with van der Waals surface area (Å²) >= 11 is 1.35. The topological polar surface area (TPSA) is 81.9 Å². The number of ether oxygens (including phenoxy) is 2. The average molecular weight is 363 g/mol. The largest absolute Gasteiger partial charge is 0.379 e. The molecule has 8 heteroatoms. The van der Waals surface area contributed by atoms with Crippen molar-refractivity contribution in [3.63, 3.8) is 0 Å². The minimum atomic E-state index is -0.430. The molecule has 0 aliphatic carbocycles. The zero-order chi connectivity index (χ0) is 17.8. The van der Waals surface area contributed by atoms with E-state index in [9.17, 15) is 9.59 Å². The number of hydrogen-bond acceptors (Lipinski definition) is 6. The summed E-state index contributed by atoms with van der Waals surface area (Å²) in [5.41, 5.74) is 0.837. The summed E-state index contributed by atoms with van der Waals surface area (Å²) in [5.74, 6) is -0.430. The van der Waals surface area contributed by atoms with Gasteiger partial charge in [0, 0.05) is 24.4 Å². The van der Waals surface area contributed by atoms with E-state index in [1.165, 1.54) is 27.5 Å². The molecule has 2 atom stereocenters. The fourth-order valence-electron chi connectivity index (χ4n) is 2.61. The lowest BCUT2D eigenvalue weighted by atomic mass is 10.1. The monoisotopic (exact) mass is 363 g/mol. The first-order chi connectivity index (χ1) is 12.1. The molecule has 25 heavy (non-hydrogen) atoms. The molecular formula is C17H21N3O4S. The summed E-state index contributed by atoms with van der Waals surface area (Å²) in [6, 6.07) is -0.200. The number of allylic oxidation sites excluding steroid dienone is 1. The molecule has 1 aliphatic rings. The number of fused-ring (bicyclic) bond motifs is 1. The highest BCUT2D eigenvalue weighted by Gasteiger charge is 2.29. The fourth-order valence-corrected chi connectivity index (χ4v) is 3.28. The molecular weight excluding hydrogens is 342 g/mol. The van der Waals surface area contributed by atoms with Crippen molar-refractivity contribution < 1.29 is 14.3 Å². The first kappa shape index (κ1) is 17.8. The first-order valence-corrected chi connectivity index (χ1v) is 9.02. The van der Waals surface area contributed by atoms with E-state index in [4.69, 9.17) is 9.47 Å². The van der Waals surface area contributed by atoms with Gasteiger partial charge in [-0.05, 0) is 20.3 Å². The molecule has 1 amide bonds. The predicted octanol–water partition coefficient (Wildman–Crippen LogP) is 1.63. The zero-order valence-corrected chi connectivity index (χ0v) is 15.0. The quantitative estimate of drug-likeness (QED) is 0.817. The second-order valence-electron chi connectivity index (χ2n) is 6.13. The molecule has 0 bridgehead atoms. The Morgan fingerprint density at radius 2 is 2.40 bits per heavy atom. The number of rotatable bonds is 5. The summed E-state index contributed by atoms with van der Waals surface area (Å²) in [5, 5.41) is 4.67. The summed E-state index contributed by atoms with van der Waals surface area (Å²) in [4.78, 5) is 29.7. The third-order valence-electron chi connectivity index (χ3n) is 4.01. The molecule has 0 spiro atoms. The van der Waals surface area contributed by atoms with Gasteiger partial charge in [0.25, 0.3) is 11.5 Å². The van der Waals surface area contributed by atoms with Gasteiger partial charge in [-0.15, -0.1) is 11.3 Å². The second-order valence-corrected chi connectivity index (χ2v) is 7.00. The number of nitrogens with zero attached hydrogens (tertiary/aromatic N) is 2. The van der Waals surface area contributed by atoms with E-state index in [0.29, 0.717) is 31.2 Å². The Morgan fingerprint density at radius 1 is 1.56 bits per heavy atom. The van der Waals surface area contributed by atoms with Gasteiger partial charge < -0.3 is 14.8 Å². The van der Waals surface area contributed by atoms with Crippen molar-refractivity contribution in [1.82, 2.24) is 14.7 Å². The molecule has 7 nitrogen and oxygen atoms in total. The molecule has 0 unspecified atom stereocenters. The Labute approximate surface area is 149 Å². The van der Waals surface area contributed by atoms with Crippen molar-refractivity contribution in [3.05, 3.63) is 45.3 Å². The van der Waals surface area contributed by atoms with Crippen LogP contribution in [-0.4, -0.2) is 47.3 Å². The molecule has 3 rings (SSSR count). The maximum absolute atomic E-state index is 12.6. The fraction of sp³-hybridized carbons (Fsp3) is 0.471. The average Bonchev–Trinajstić information content (AvgIpc) is 3.06. The van der Waals surface area contributed by atoms with Crippen LogP contribution in [0.5, 0.6) is 0 Å². The molecule has 1 saturated heterocycles. The van der Waals surface area contributed by atoms with Crippen LogP contribution in [0.1, 0.15) is 30.6 Å². The van der Waals surface area contributed by atoms with Gasteiger partial charge in [-0.2, -0.15) is 0 Å². The van der Waals surface area contributed by atoms with Crippen molar-refractivity contribution in [2.75, 3.05) is 19.8 Å². The molecule has 0 radical (unpaired) electrons. The first-order valence-electron chi connectivity index (χ1n) is 8.14. The van der Waals surface area contributed by atoms with E-state index in [-0.39, 0.29) is 23.3 Å². The normalized spacial score (nSPS) is 20.4. The van der Waals surface area contributed by atoms with Gasteiger partial charge >= 0.3 is 0 Å². The van der Waals surface area contributed by atoms with Crippen molar-refractivity contribution in [2.24, 2.45) is 0 Å². The van der Waals surface area contributed by atoms with Gasteiger partial charge in [-0.25, -0.2) is 4.98 Å². The van der Waals surface area contributed by atoms with Crippen LogP contribution in [-0.2, 0) is 9.47 Å². The van der Waals surface area contributed by atoms with E-state index < -0.39 is 5.91 Å². The Balaban J connectivity index is 1.72. The smallest absolute Gasteiger partial charge is 0.271 e. The highest BCUT2D eigenvalue weighted by Crippen LogP contribution is 2.13. The van der Waals surface area contributed by atoms with Crippen LogP contribution in [0.15, 0.2) is 34.2 Å². The predicted molar refractivity (Wildman–Crippen MR) is 95.2 cm³/mol. The van der Waals surface area contributed by atoms with Crippen LogP contribution in [0.2, 0.25) is 0 Å². The third-order valence-corrected chi connectivity index (χ3v) is 4.78. The molecule has 1 N–H and O–H groups in total. The van der Waals surface area contributed by atoms with E-state index >= 15 is 0 Å². The summed E-state index contributed by atoms with van der Waals surface area (Å²) < 4.78 is 12.7. The number of carbonyl (C=O) groups excluding carboxylic acids is 1. The van der Waals surface area contributed by atoms with E-state index in [1.54, 1.807) is 11.6 Å². The lowest BCUT2D eigenvalue weighted by Gasteiger charge is -2.31. The maximum atomic E-state index is 12.6. The van der Waals surface area contributed by atoms with Crippen LogP contribution in [0.4, 0.5) is 0 Å². The number of hydrogen-bond donors (Lipinski definition) is 1. The maximum Gasteiger partial charge on any atom is 0.271 e. The van der Waals surface area contributed by atoms with Gasteiger partial charge in [-0.3, -0.25) is 14.0 Å². The molecule has 2 aromatic heterocycles. The van der Waals surface area contributed by atoms with Crippen LogP contribution in [0.25, 0.3) is 4.96 Å². The van der Waals surface area contributed by atoms with E-state index in [0.717, 1.165) is 0 Å². The number of amides is 1. The lowest BCUT2D eigenvalue weighted by Crippen LogP contribution is -2.50. The highest BCUT2D eigenvalue weighted by atomic mass is 32.1. The third kappa shape index (κ3) is 4.15. The van der Waals surface area contributed by atoms with Gasteiger partial charge in [0.2, 0.25) is 0 Å². The standard InChI is InChI=1S/C17H21N3O4S/c1-11(2)3-7-24-14-10-23-6-4-13(14)19-15(21)12-9-18-17-20(16(12)22)5-8-25-17/h3,5,8-9,13-14H,4,6-7,10H2,1-2H3,(H,19,21)/t13-,14-/m1/s1. The van der Waals surface area contributed by atoms with Crippen molar-refractivity contribution >= 4 is 22.2 Å². The minimum Gasteiger partial charge on any atom is -0.379 e. The molecule has 134 valence electrons. The highest BCUT2D eigenvalue weighted by molar-refractivity contribution is 7.15. The Morgan fingerprint density at radius 3 is 3.20 bits per heavy atom. The molecule has 2 aromatic rings. The van der Waals surface area contributed by atoms with Gasteiger partial charge in [0.1, 0.15) is 11.7 Å². The van der Waals surface area contributed by atoms with Crippen LogP contribution in [0.3, 0.4) is 0 Å². The van der Waals surface area contributed by atoms with E-state index in [1.807, 2.05) is 19.9 Å². The number of thiazole rings is 1. The molecule has 0 saturated carbocycles. The van der Waals surface area contributed by atoms with Crippen LogP contribution < -0.4 is 10.9 Å². The Hall–Kier alpha value is -2.03. The minimum absolute atomic E-state index is 0.0328. The van der Waals surface area contributed by atoms with Crippen molar-refractivity contribution in [2.45, 2.75) is 32.4 Å². The number of carbonyl (C=O) groups is 1. The summed E-state index contributed by atoms with van der Waals surface area (Å²) in [6.45, 7) is 5.44. The van der Waals surface area contributed by atoms with Gasteiger partial charge in [0.05, 0.1) is 19.3 Å². The Bertz CT molecular complexity index is 838. The molecule has 1 aliphatic heterocycles. The van der Waals surface area contributed by atoms with Crippen LogP contribution in [0, 0.1) is 0 Å².